The van der Waals surface area contributed by atoms with Crippen LogP contribution in [0.2, 0.25) is 0 Å². The van der Waals surface area contributed by atoms with E-state index >= 15 is 0 Å². The maximum atomic E-state index is 12.7. The molecule has 1 atom stereocenters. The third kappa shape index (κ3) is 3.92. The highest BCUT2D eigenvalue weighted by Gasteiger charge is 2.24. The zero-order valence-corrected chi connectivity index (χ0v) is 12.8. The number of ether oxygens (including phenoxy) is 1. The quantitative estimate of drug-likeness (QED) is 0.636. The van der Waals surface area contributed by atoms with Gasteiger partial charge in [0.2, 0.25) is 0 Å². The van der Waals surface area contributed by atoms with Crippen LogP contribution in [0.4, 0.5) is 5.82 Å². The molecular formula is C15H24N4O2. The van der Waals surface area contributed by atoms with Crippen molar-refractivity contribution in [3.63, 3.8) is 0 Å². The van der Waals surface area contributed by atoms with Gasteiger partial charge >= 0.3 is 0 Å². The number of anilines is 1. The highest BCUT2D eigenvalue weighted by molar-refractivity contribution is 5.95. The molecule has 2 heterocycles. The van der Waals surface area contributed by atoms with Gasteiger partial charge in [-0.1, -0.05) is 13.3 Å². The number of nitrogens with two attached hydrogens (primary N) is 1. The molecule has 2 rings (SSSR count). The van der Waals surface area contributed by atoms with Gasteiger partial charge in [0.1, 0.15) is 5.82 Å². The summed E-state index contributed by atoms with van der Waals surface area (Å²) in [6.45, 7) is 3.50. The average Bonchev–Trinajstić information content (AvgIpc) is 2.54. The molecule has 0 bridgehead atoms. The molecule has 1 saturated heterocycles. The summed E-state index contributed by atoms with van der Waals surface area (Å²) in [6, 6.07) is 3.57. The molecule has 1 amide bonds. The van der Waals surface area contributed by atoms with E-state index in [0.29, 0.717) is 17.9 Å². The minimum atomic E-state index is 0.0213. The lowest BCUT2D eigenvalue weighted by Crippen LogP contribution is -2.43. The number of likely N-dealkylation sites (tertiary alicyclic amines) is 1. The van der Waals surface area contributed by atoms with Crippen molar-refractivity contribution in [1.82, 2.24) is 9.88 Å². The lowest BCUT2D eigenvalue weighted by atomic mass is 10.1. The summed E-state index contributed by atoms with van der Waals surface area (Å²) in [4.78, 5) is 18.9. The summed E-state index contributed by atoms with van der Waals surface area (Å²) in [6.07, 6.45) is 3.92. The van der Waals surface area contributed by atoms with Crippen molar-refractivity contribution in [3.8, 4) is 0 Å². The van der Waals surface area contributed by atoms with Gasteiger partial charge in [0, 0.05) is 31.5 Å². The number of nitrogens with zero attached hydrogens (tertiary/aromatic N) is 2. The van der Waals surface area contributed by atoms with Gasteiger partial charge in [-0.3, -0.25) is 4.79 Å². The van der Waals surface area contributed by atoms with Gasteiger partial charge in [0.05, 0.1) is 6.10 Å². The van der Waals surface area contributed by atoms with Crippen LogP contribution in [0.5, 0.6) is 0 Å². The van der Waals surface area contributed by atoms with Gasteiger partial charge in [0.25, 0.3) is 5.91 Å². The molecule has 1 aromatic rings. The molecule has 6 nitrogen and oxygen atoms in total. The molecular weight excluding hydrogens is 268 g/mol. The van der Waals surface area contributed by atoms with E-state index in [0.717, 1.165) is 37.9 Å². The number of nitrogens with one attached hydrogen (secondary N) is 1. The highest BCUT2D eigenvalue weighted by Crippen LogP contribution is 2.18. The van der Waals surface area contributed by atoms with Crippen LogP contribution in [-0.2, 0) is 11.2 Å². The standard InChI is InChI=1S/C15H24N4O2/c1-3-5-12-8-11(9-14(17-12)18-16)15(20)19-7-4-6-13(10-19)21-2/h8-9,13H,3-7,10,16H2,1-2H3,(H,17,18). The van der Waals surface area contributed by atoms with Crippen LogP contribution in [0.3, 0.4) is 0 Å². The second-order valence-electron chi connectivity index (χ2n) is 5.38. The first-order valence-electron chi connectivity index (χ1n) is 7.47. The number of carbonyl (C=O) groups is 1. The lowest BCUT2D eigenvalue weighted by Gasteiger charge is -2.32. The third-order valence-electron chi connectivity index (χ3n) is 3.78. The highest BCUT2D eigenvalue weighted by atomic mass is 16.5. The number of hydrogen-bond acceptors (Lipinski definition) is 5. The number of pyridine rings is 1. The Morgan fingerprint density at radius 1 is 1.57 bits per heavy atom. The molecule has 1 aliphatic heterocycles. The number of hydrogen-bond donors (Lipinski definition) is 2. The maximum absolute atomic E-state index is 12.7. The molecule has 1 aromatic heterocycles. The van der Waals surface area contributed by atoms with E-state index < -0.39 is 0 Å². The fourth-order valence-corrected chi connectivity index (χ4v) is 2.67. The SMILES string of the molecule is CCCc1cc(C(=O)N2CCCC(OC)C2)cc(NN)n1. The van der Waals surface area contributed by atoms with Crippen molar-refractivity contribution in [2.75, 3.05) is 25.6 Å². The fraction of sp³-hybridized carbons (Fsp3) is 0.600. The topological polar surface area (TPSA) is 80.5 Å². The lowest BCUT2D eigenvalue weighted by molar-refractivity contribution is 0.0269. The number of nitrogen functional groups attached to an aromatic ring is 1. The summed E-state index contributed by atoms with van der Waals surface area (Å²) in [5.74, 6) is 6.00. The smallest absolute Gasteiger partial charge is 0.254 e. The van der Waals surface area contributed by atoms with Crippen molar-refractivity contribution in [1.29, 1.82) is 0 Å². The predicted octanol–water partition coefficient (Wildman–Crippen LogP) is 1.57. The van der Waals surface area contributed by atoms with Crippen LogP contribution in [0, 0.1) is 0 Å². The first-order chi connectivity index (χ1) is 10.2. The van der Waals surface area contributed by atoms with Crippen LogP contribution >= 0.6 is 0 Å². The fourth-order valence-electron chi connectivity index (χ4n) is 2.67. The van der Waals surface area contributed by atoms with Crippen molar-refractivity contribution < 1.29 is 9.53 Å². The number of rotatable bonds is 5. The minimum Gasteiger partial charge on any atom is -0.380 e. The summed E-state index contributed by atoms with van der Waals surface area (Å²) in [5.41, 5.74) is 4.06. The Bertz CT molecular complexity index is 493. The van der Waals surface area contributed by atoms with E-state index in [9.17, 15) is 4.79 Å². The van der Waals surface area contributed by atoms with Crippen molar-refractivity contribution >= 4 is 11.7 Å². The van der Waals surface area contributed by atoms with Crippen LogP contribution in [0.25, 0.3) is 0 Å². The third-order valence-corrected chi connectivity index (χ3v) is 3.78. The van der Waals surface area contributed by atoms with E-state index in [1.807, 2.05) is 11.0 Å². The van der Waals surface area contributed by atoms with Crippen molar-refractivity contribution in [2.45, 2.75) is 38.7 Å². The Labute approximate surface area is 125 Å². The van der Waals surface area contributed by atoms with Gasteiger partial charge in [-0.25, -0.2) is 10.8 Å². The maximum Gasteiger partial charge on any atom is 0.254 e. The molecule has 1 unspecified atom stereocenters. The van der Waals surface area contributed by atoms with E-state index in [4.69, 9.17) is 10.6 Å². The van der Waals surface area contributed by atoms with E-state index in [-0.39, 0.29) is 12.0 Å². The molecule has 1 fully saturated rings. The summed E-state index contributed by atoms with van der Waals surface area (Å²) in [5, 5.41) is 0. The Kier molecular flexibility index (Phi) is 5.52. The predicted molar refractivity (Wildman–Crippen MR) is 82.0 cm³/mol. The van der Waals surface area contributed by atoms with Crippen LogP contribution in [0.1, 0.15) is 42.2 Å². The monoisotopic (exact) mass is 292 g/mol. The summed E-state index contributed by atoms with van der Waals surface area (Å²) < 4.78 is 5.38. The molecule has 116 valence electrons. The second-order valence-corrected chi connectivity index (χ2v) is 5.38. The number of carbonyl (C=O) groups excluding carboxylic acids is 1. The van der Waals surface area contributed by atoms with Gasteiger partial charge in [0.15, 0.2) is 0 Å². The molecule has 0 aromatic carbocycles. The zero-order chi connectivity index (χ0) is 15.2. The Balaban J connectivity index is 2.19. The van der Waals surface area contributed by atoms with Crippen LogP contribution in [0.15, 0.2) is 12.1 Å². The number of amides is 1. The van der Waals surface area contributed by atoms with E-state index in [2.05, 4.69) is 17.3 Å². The van der Waals surface area contributed by atoms with E-state index in [1.54, 1.807) is 13.2 Å². The van der Waals surface area contributed by atoms with Crippen molar-refractivity contribution in [2.24, 2.45) is 5.84 Å². The van der Waals surface area contributed by atoms with Gasteiger partial charge < -0.3 is 15.1 Å². The number of hydrazine groups is 1. The molecule has 6 heteroatoms. The molecule has 1 aliphatic rings. The van der Waals surface area contributed by atoms with E-state index in [1.165, 1.54) is 0 Å². The Morgan fingerprint density at radius 3 is 3.05 bits per heavy atom. The van der Waals surface area contributed by atoms with Crippen LogP contribution < -0.4 is 11.3 Å². The summed E-state index contributed by atoms with van der Waals surface area (Å²) >= 11 is 0. The first kappa shape index (κ1) is 15.7. The normalized spacial score (nSPS) is 18.6. The number of aromatic nitrogens is 1. The second kappa shape index (κ2) is 7.38. The summed E-state index contributed by atoms with van der Waals surface area (Å²) in [7, 11) is 1.70. The van der Waals surface area contributed by atoms with Crippen molar-refractivity contribution in [3.05, 3.63) is 23.4 Å². The Hall–Kier alpha value is -1.66. The largest absolute Gasteiger partial charge is 0.380 e. The van der Waals surface area contributed by atoms with Gasteiger partial charge in [-0.15, -0.1) is 0 Å². The molecule has 0 spiro atoms. The van der Waals surface area contributed by atoms with Gasteiger partial charge in [-0.2, -0.15) is 0 Å². The van der Waals surface area contributed by atoms with Gasteiger partial charge in [-0.05, 0) is 31.4 Å². The number of aryl methyl sites for hydroxylation is 1. The zero-order valence-electron chi connectivity index (χ0n) is 12.8. The molecule has 0 saturated carbocycles. The average molecular weight is 292 g/mol. The molecule has 21 heavy (non-hydrogen) atoms. The number of piperidine rings is 1. The van der Waals surface area contributed by atoms with Crippen LogP contribution in [-0.4, -0.2) is 42.1 Å². The number of methoxy groups -OCH3 is 1. The molecule has 3 N–H and O–H groups in total. The Morgan fingerprint density at radius 2 is 2.38 bits per heavy atom. The molecule has 0 aliphatic carbocycles. The molecule has 0 radical (unpaired) electrons. The minimum absolute atomic E-state index is 0.0213. The first-order valence-corrected chi connectivity index (χ1v) is 7.47.